The summed E-state index contributed by atoms with van der Waals surface area (Å²) in [6.45, 7) is 1.55. The highest BCUT2D eigenvalue weighted by molar-refractivity contribution is 7.89. The number of benzene rings is 1. The summed E-state index contributed by atoms with van der Waals surface area (Å²) in [7, 11) is 1.54. The second-order valence-corrected chi connectivity index (χ2v) is 8.66. The van der Waals surface area contributed by atoms with Gasteiger partial charge in [0, 0.05) is 24.7 Å². The lowest BCUT2D eigenvalue weighted by molar-refractivity contribution is 0.102. The number of nitrogens with zero attached hydrogens (tertiary/aromatic N) is 2. The minimum atomic E-state index is -1.45. The third-order valence-corrected chi connectivity index (χ3v) is 5.97. The van der Waals surface area contributed by atoms with Gasteiger partial charge in [-0.1, -0.05) is 6.07 Å². The molecular formula is C22H20F2N4O3S. The van der Waals surface area contributed by atoms with Crippen LogP contribution in [0, 0.1) is 18.7 Å². The topological polar surface area (TPSA) is 99.2 Å². The van der Waals surface area contributed by atoms with Crippen LogP contribution in [0.3, 0.4) is 0 Å². The molecule has 1 saturated carbocycles. The maximum atomic E-state index is 14.9. The van der Waals surface area contributed by atoms with Crippen molar-refractivity contribution in [3.05, 3.63) is 71.3 Å². The van der Waals surface area contributed by atoms with Crippen molar-refractivity contribution in [2.45, 2.75) is 30.6 Å². The highest BCUT2D eigenvalue weighted by Crippen LogP contribution is 2.46. The molecule has 2 aromatic heterocycles. The van der Waals surface area contributed by atoms with Gasteiger partial charge in [-0.25, -0.2) is 9.37 Å². The van der Waals surface area contributed by atoms with Crippen LogP contribution in [0.1, 0.15) is 40.5 Å². The molecule has 0 saturated heterocycles. The van der Waals surface area contributed by atoms with Gasteiger partial charge in [0.25, 0.3) is 5.91 Å². The number of aryl methyl sites for hydroxylation is 1. The summed E-state index contributed by atoms with van der Waals surface area (Å²) >= 11 is -1.45. The monoisotopic (exact) mass is 458 g/mol. The molecule has 0 unspecified atom stereocenters. The molecular weight excluding hydrogens is 438 g/mol. The maximum absolute atomic E-state index is 14.9. The van der Waals surface area contributed by atoms with Crippen molar-refractivity contribution in [2.24, 2.45) is 0 Å². The lowest BCUT2D eigenvalue weighted by Gasteiger charge is -2.16. The lowest BCUT2D eigenvalue weighted by atomic mass is 10.1. The van der Waals surface area contributed by atoms with E-state index < -0.39 is 29.0 Å². The molecule has 7 nitrogen and oxygen atoms in total. The van der Waals surface area contributed by atoms with Gasteiger partial charge in [-0.15, -0.1) is 4.72 Å². The first-order chi connectivity index (χ1) is 15.4. The van der Waals surface area contributed by atoms with E-state index in [1.165, 1.54) is 12.1 Å². The summed E-state index contributed by atoms with van der Waals surface area (Å²) in [5, 5.41) is 2.63. The molecule has 32 heavy (non-hydrogen) atoms. The van der Waals surface area contributed by atoms with Gasteiger partial charge in [0.1, 0.15) is 11.3 Å². The fourth-order valence-corrected chi connectivity index (χ4v) is 3.86. The van der Waals surface area contributed by atoms with Gasteiger partial charge in [-0.3, -0.25) is 9.78 Å². The van der Waals surface area contributed by atoms with Crippen molar-refractivity contribution in [3.63, 3.8) is 0 Å². The SMILES string of the molecule is CN[S@+]([O-])c1cccc(NC(=O)c2c(F)cnc(C3CC3)c2Oc2ccc(F)nc2C)c1. The highest BCUT2D eigenvalue weighted by atomic mass is 32.2. The van der Waals surface area contributed by atoms with Gasteiger partial charge in [-0.05, 0) is 44.0 Å². The molecule has 1 aromatic carbocycles. The number of hydrogen-bond acceptors (Lipinski definition) is 6. The van der Waals surface area contributed by atoms with Gasteiger partial charge in [-0.2, -0.15) is 4.39 Å². The fourth-order valence-electron chi connectivity index (χ4n) is 3.18. The number of anilines is 1. The number of hydrogen-bond donors (Lipinski definition) is 2. The van der Waals surface area contributed by atoms with Crippen LogP contribution in [0.25, 0.3) is 0 Å². The lowest BCUT2D eigenvalue weighted by Crippen LogP contribution is -2.20. The Morgan fingerprint density at radius 1 is 1.25 bits per heavy atom. The number of amides is 1. The number of carbonyl (C=O) groups excluding carboxylic acids is 1. The van der Waals surface area contributed by atoms with E-state index in [9.17, 15) is 18.1 Å². The number of pyridine rings is 2. The largest absolute Gasteiger partial charge is 0.593 e. The van der Waals surface area contributed by atoms with Crippen LogP contribution in [-0.2, 0) is 11.4 Å². The Kier molecular flexibility index (Phi) is 6.35. The molecule has 1 aliphatic rings. The van der Waals surface area contributed by atoms with E-state index in [0.717, 1.165) is 25.1 Å². The minimum Gasteiger partial charge on any atom is -0.593 e. The van der Waals surface area contributed by atoms with E-state index in [0.29, 0.717) is 16.3 Å². The van der Waals surface area contributed by atoms with E-state index >= 15 is 0 Å². The molecule has 2 heterocycles. The zero-order chi connectivity index (χ0) is 22.8. The second kappa shape index (κ2) is 9.19. The third kappa shape index (κ3) is 4.72. The summed E-state index contributed by atoms with van der Waals surface area (Å²) in [5.41, 5.74) is 0.742. The van der Waals surface area contributed by atoms with E-state index in [1.54, 1.807) is 32.2 Å². The maximum Gasteiger partial charge on any atom is 0.262 e. The van der Waals surface area contributed by atoms with Gasteiger partial charge in [0.05, 0.1) is 28.9 Å². The molecule has 0 spiro atoms. The van der Waals surface area contributed by atoms with Crippen LogP contribution in [0.5, 0.6) is 11.5 Å². The summed E-state index contributed by atoms with van der Waals surface area (Å²) in [4.78, 5) is 21.4. The van der Waals surface area contributed by atoms with E-state index in [2.05, 4.69) is 20.0 Å². The third-order valence-electron chi connectivity index (χ3n) is 4.91. The Morgan fingerprint density at radius 3 is 2.72 bits per heavy atom. The van der Waals surface area contributed by atoms with Crippen molar-refractivity contribution >= 4 is 23.0 Å². The quantitative estimate of drug-likeness (QED) is 0.406. The highest BCUT2D eigenvalue weighted by Gasteiger charge is 2.33. The van der Waals surface area contributed by atoms with Crippen LogP contribution in [0.4, 0.5) is 14.5 Å². The van der Waals surface area contributed by atoms with Crippen LogP contribution < -0.4 is 14.8 Å². The molecule has 4 rings (SSSR count). The Balaban J connectivity index is 1.71. The zero-order valence-corrected chi connectivity index (χ0v) is 18.1. The van der Waals surface area contributed by atoms with Gasteiger partial charge < -0.3 is 14.6 Å². The number of carbonyl (C=O) groups is 1. The van der Waals surface area contributed by atoms with Crippen molar-refractivity contribution in [1.29, 1.82) is 0 Å². The molecule has 10 heteroatoms. The predicted molar refractivity (Wildman–Crippen MR) is 115 cm³/mol. The zero-order valence-electron chi connectivity index (χ0n) is 17.3. The number of ether oxygens (including phenoxy) is 1. The van der Waals surface area contributed by atoms with E-state index in [-0.39, 0.29) is 28.7 Å². The first-order valence-electron chi connectivity index (χ1n) is 9.87. The molecule has 166 valence electrons. The summed E-state index contributed by atoms with van der Waals surface area (Å²) in [5.74, 6) is -2.05. The summed E-state index contributed by atoms with van der Waals surface area (Å²) < 4.78 is 48.8. The second-order valence-electron chi connectivity index (χ2n) is 7.24. The van der Waals surface area contributed by atoms with Crippen molar-refractivity contribution in [1.82, 2.24) is 14.7 Å². The smallest absolute Gasteiger partial charge is 0.262 e. The van der Waals surface area contributed by atoms with Crippen LogP contribution in [-0.4, -0.2) is 27.5 Å². The van der Waals surface area contributed by atoms with Gasteiger partial charge in [0.2, 0.25) is 5.95 Å². The standard InChI is InChI=1S/C22H20F2N4O3S/c1-12-17(8-9-18(24)27-12)31-21-19(16(23)11-26-20(21)13-6-7-13)22(29)28-14-4-3-5-15(10-14)32(30)25-2/h3-5,8-11,13,25H,6-7H2,1-2H3,(H,28,29)/t32-/m1/s1. The predicted octanol–water partition coefficient (Wildman–Crippen LogP) is 4.23. The normalized spacial score (nSPS) is 14.2. The van der Waals surface area contributed by atoms with Crippen molar-refractivity contribution in [2.75, 3.05) is 12.4 Å². The molecule has 1 amide bonds. The Hall–Kier alpha value is -3.08. The number of aromatic nitrogens is 2. The number of nitrogens with one attached hydrogen (secondary N) is 2. The Bertz CT molecular complexity index is 1170. The fraction of sp³-hybridized carbons (Fsp3) is 0.227. The van der Waals surface area contributed by atoms with Gasteiger partial charge in [0.15, 0.2) is 16.5 Å². The van der Waals surface area contributed by atoms with E-state index in [1.807, 2.05) is 0 Å². The molecule has 0 aliphatic heterocycles. The van der Waals surface area contributed by atoms with Crippen molar-refractivity contribution in [3.8, 4) is 11.5 Å². The van der Waals surface area contributed by atoms with Crippen LogP contribution in [0.2, 0.25) is 0 Å². The van der Waals surface area contributed by atoms with Crippen LogP contribution >= 0.6 is 0 Å². The van der Waals surface area contributed by atoms with Gasteiger partial charge >= 0.3 is 0 Å². The van der Waals surface area contributed by atoms with E-state index in [4.69, 9.17) is 4.74 Å². The Morgan fingerprint density at radius 2 is 2.03 bits per heavy atom. The minimum absolute atomic E-state index is 0.0172. The average molecular weight is 458 g/mol. The van der Waals surface area contributed by atoms with Crippen LogP contribution in [0.15, 0.2) is 47.5 Å². The molecule has 0 bridgehead atoms. The first kappa shape index (κ1) is 22.1. The molecule has 2 N–H and O–H groups in total. The first-order valence-corrected chi connectivity index (χ1v) is 11.0. The van der Waals surface area contributed by atoms with Crippen molar-refractivity contribution < 1.29 is 22.9 Å². The number of halogens is 2. The average Bonchev–Trinajstić information content (AvgIpc) is 3.60. The summed E-state index contributed by atoms with van der Waals surface area (Å²) in [6.07, 6.45) is 2.68. The molecule has 1 atom stereocenters. The summed E-state index contributed by atoms with van der Waals surface area (Å²) in [6, 6.07) is 8.89. The molecule has 1 fully saturated rings. The molecule has 1 aliphatic carbocycles. The molecule has 3 aromatic rings. The number of rotatable bonds is 7. The molecule has 0 radical (unpaired) electrons. The Labute approximate surface area is 186 Å².